The molecule has 0 saturated heterocycles. The maximum atomic E-state index is 12.2. The summed E-state index contributed by atoms with van der Waals surface area (Å²) in [6, 6.07) is 25.4. The number of aliphatic hydroxyl groups is 1. The van der Waals surface area contributed by atoms with Crippen LogP contribution in [0.2, 0.25) is 0 Å². The molecule has 6 rings (SSSR count). The van der Waals surface area contributed by atoms with Gasteiger partial charge in [0.2, 0.25) is 0 Å². The van der Waals surface area contributed by atoms with Crippen LogP contribution in [0, 0.1) is 22.8 Å². The number of carbonyl (C=O) groups excluding carboxylic acids is 1. The zero-order chi connectivity index (χ0) is 38.7. The van der Waals surface area contributed by atoms with Crippen molar-refractivity contribution in [3.8, 4) is 22.6 Å². The third-order valence-electron chi connectivity index (χ3n) is 11.4. The smallest absolute Gasteiger partial charge is 0.164 e. The number of ketones is 1. The van der Waals surface area contributed by atoms with E-state index in [0.29, 0.717) is 5.92 Å². The minimum absolute atomic E-state index is 0. The molecule has 1 N–H and O–H groups in total. The molecule has 289 valence electrons. The second-order valence-corrected chi connectivity index (χ2v) is 17.5. The first kappa shape index (κ1) is 43.2. The van der Waals surface area contributed by atoms with Crippen LogP contribution in [0.15, 0.2) is 88.5 Å². The Morgan fingerprint density at radius 3 is 2.17 bits per heavy atom. The van der Waals surface area contributed by atoms with Crippen molar-refractivity contribution in [1.29, 1.82) is 0 Å². The molecule has 4 nitrogen and oxygen atoms in total. The number of pyridine rings is 1. The van der Waals surface area contributed by atoms with Crippen LogP contribution in [0.25, 0.3) is 54.4 Å². The Morgan fingerprint density at radius 2 is 1.54 bits per heavy atom. The summed E-state index contributed by atoms with van der Waals surface area (Å²) in [6.45, 7) is 23.4. The van der Waals surface area contributed by atoms with Gasteiger partial charge in [-0.1, -0.05) is 111 Å². The fraction of sp³-hybridized carbons (Fsp3) is 0.417. The van der Waals surface area contributed by atoms with Crippen molar-refractivity contribution in [2.45, 2.75) is 114 Å². The van der Waals surface area contributed by atoms with Crippen LogP contribution < -0.4 is 0 Å². The van der Waals surface area contributed by atoms with E-state index < -0.39 is 0 Å². The number of allylic oxidation sites excluding steroid dienone is 2. The molecule has 0 bridgehead atoms. The summed E-state index contributed by atoms with van der Waals surface area (Å²) in [4.78, 5) is 17.0. The molecule has 0 aliphatic rings. The quantitative estimate of drug-likeness (QED) is 0.0799. The Labute approximate surface area is 340 Å². The summed E-state index contributed by atoms with van der Waals surface area (Å²) in [5, 5.41) is 17.0. The Bertz CT molecular complexity index is 2240. The van der Waals surface area contributed by atoms with E-state index in [0.717, 1.165) is 71.0 Å². The van der Waals surface area contributed by atoms with Crippen molar-refractivity contribution in [2.75, 3.05) is 0 Å². The van der Waals surface area contributed by atoms with Gasteiger partial charge < -0.3 is 9.52 Å². The number of nitrogens with zero attached hydrogens (tertiary/aromatic N) is 1. The number of fused-ring (bicyclic) bond motifs is 3. The zero-order valence-corrected chi connectivity index (χ0v) is 37.3. The number of hydrogen-bond acceptors (Lipinski definition) is 5. The van der Waals surface area contributed by atoms with Crippen LogP contribution in [0.1, 0.15) is 113 Å². The van der Waals surface area contributed by atoms with Crippen molar-refractivity contribution in [3.63, 3.8) is 0 Å². The van der Waals surface area contributed by atoms with Gasteiger partial charge in [-0.05, 0) is 73.3 Å². The SMILES string of the molecule is CC(C)Cc1ccc2scc(-c3cc4c(-c5[c-]c6ccccc6c(C(C)(C)C)c5)nccc4o3)c2c1.CCC(C)(CC)C(=O)/C=C(\O)C(C)(CC)CC.[Ir]. The van der Waals surface area contributed by atoms with Gasteiger partial charge in [0, 0.05) is 75.3 Å². The van der Waals surface area contributed by atoms with Gasteiger partial charge in [0.15, 0.2) is 5.78 Å². The summed E-state index contributed by atoms with van der Waals surface area (Å²) in [5.41, 5.74) is 6.00. The minimum atomic E-state index is -0.337. The number of thiophene rings is 1. The van der Waals surface area contributed by atoms with E-state index >= 15 is 0 Å². The molecular formula is C48H58IrNO3S-. The Morgan fingerprint density at radius 1 is 0.870 bits per heavy atom. The van der Waals surface area contributed by atoms with Gasteiger partial charge in [-0.25, -0.2) is 0 Å². The number of furan rings is 1. The molecule has 0 unspecified atom stereocenters. The average molecular weight is 921 g/mol. The topological polar surface area (TPSA) is 63.3 Å². The monoisotopic (exact) mass is 921 g/mol. The Balaban J connectivity index is 0.000000309. The number of carbonyl (C=O) groups is 1. The first-order chi connectivity index (χ1) is 25.1. The van der Waals surface area contributed by atoms with E-state index in [1.165, 1.54) is 32.7 Å². The molecule has 1 radical (unpaired) electrons. The molecule has 54 heavy (non-hydrogen) atoms. The molecule has 0 aliphatic heterocycles. The number of rotatable bonds is 11. The summed E-state index contributed by atoms with van der Waals surface area (Å²) in [7, 11) is 0. The molecular weight excluding hydrogens is 863 g/mol. The van der Waals surface area contributed by atoms with Gasteiger partial charge in [-0.3, -0.25) is 9.78 Å². The van der Waals surface area contributed by atoms with Crippen LogP contribution in [0.4, 0.5) is 0 Å². The normalized spacial score (nSPS) is 12.6. The van der Waals surface area contributed by atoms with Gasteiger partial charge >= 0.3 is 0 Å². The fourth-order valence-corrected chi connectivity index (χ4v) is 7.77. The van der Waals surface area contributed by atoms with E-state index in [1.54, 1.807) is 11.3 Å². The number of hydrogen-bond donors (Lipinski definition) is 1. The molecule has 3 heterocycles. The maximum Gasteiger partial charge on any atom is 0.164 e. The number of aliphatic hydroxyl groups excluding tert-OH is 1. The molecule has 6 heteroatoms. The molecule has 3 aromatic carbocycles. The third-order valence-corrected chi connectivity index (χ3v) is 12.4. The molecule has 0 atom stereocenters. The van der Waals surface area contributed by atoms with Crippen molar-refractivity contribution < 1.29 is 34.4 Å². The molecule has 6 aromatic rings. The van der Waals surface area contributed by atoms with Crippen LogP contribution >= 0.6 is 11.3 Å². The molecule has 0 amide bonds. The van der Waals surface area contributed by atoms with E-state index in [4.69, 9.17) is 9.40 Å². The van der Waals surface area contributed by atoms with Crippen LogP contribution in [0.5, 0.6) is 0 Å². The summed E-state index contributed by atoms with van der Waals surface area (Å²) >= 11 is 1.77. The van der Waals surface area contributed by atoms with Crippen molar-refractivity contribution in [3.05, 3.63) is 101 Å². The average Bonchev–Trinajstić information content (AvgIpc) is 3.77. The number of benzene rings is 3. The van der Waals surface area contributed by atoms with Gasteiger partial charge in [0.1, 0.15) is 17.1 Å². The summed E-state index contributed by atoms with van der Waals surface area (Å²) in [5.74, 6) is 1.80. The second kappa shape index (κ2) is 17.5. The molecule has 0 aliphatic carbocycles. The van der Waals surface area contributed by atoms with E-state index in [1.807, 2.05) is 53.8 Å². The van der Waals surface area contributed by atoms with Crippen LogP contribution in [0.3, 0.4) is 0 Å². The van der Waals surface area contributed by atoms with Gasteiger partial charge in [0.05, 0.1) is 0 Å². The van der Waals surface area contributed by atoms with Crippen molar-refractivity contribution in [2.24, 2.45) is 16.7 Å². The van der Waals surface area contributed by atoms with E-state index in [2.05, 4.69) is 101 Å². The maximum absolute atomic E-state index is 12.2. The molecule has 0 fully saturated rings. The molecule has 3 aromatic heterocycles. The van der Waals surface area contributed by atoms with Gasteiger partial charge in [-0.2, -0.15) is 0 Å². The van der Waals surface area contributed by atoms with Gasteiger partial charge in [-0.15, -0.1) is 40.5 Å². The first-order valence-corrected chi connectivity index (χ1v) is 20.3. The van der Waals surface area contributed by atoms with E-state index in [9.17, 15) is 9.90 Å². The van der Waals surface area contributed by atoms with Gasteiger partial charge in [0.25, 0.3) is 0 Å². The largest absolute Gasteiger partial charge is 0.512 e. The summed E-state index contributed by atoms with van der Waals surface area (Å²) in [6.07, 6.45) is 7.68. The standard InChI is InChI=1S/C33H30NOS.C15H28O2.Ir/c1-20(2)14-21-10-11-31-25(15-21)27(19-36-31)30-18-26-29(35-30)12-13-34-32(26)23-16-22-8-6-7-9-24(22)28(17-23)33(3,4)5;1-7-14(5,8-2)12(16)11-13(17)15(6,9-3)10-4;/h6-13,15,17-20H,14H2,1-5H3;11,16H,7-10H2,1-6H3;/q-1;;/b;12-11-;. The van der Waals surface area contributed by atoms with E-state index in [-0.39, 0.29) is 47.9 Å². The first-order valence-electron chi connectivity index (χ1n) is 19.4. The zero-order valence-electron chi connectivity index (χ0n) is 34.1. The Hall–Kier alpha value is -3.57. The predicted octanol–water partition coefficient (Wildman–Crippen LogP) is 14.5. The van der Waals surface area contributed by atoms with Crippen molar-refractivity contribution in [1.82, 2.24) is 4.98 Å². The summed E-state index contributed by atoms with van der Waals surface area (Å²) < 4.78 is 7.73. The number of aromatic nitrogens is 1. The predicted molar refractivity (Wildman–Crippen MR) is 227 cm³/mol. The molecule has 0 spiro atoms. The van der Waals surface area contributed by atoms with Crippen molar-refractivity contribution >= 4 is 48.9 Å². The second-order valence-electron chi connectivity index (χ2n) is 16.6. The van der Waals surface area contributed by atoms with Crippen LogP contribution in [-0.2, 0) is 36.7 Å². The third kappa shape index (κ3) is 9.10. The fourth-order valence-electron chi connectivity index (χ4n) is 6.84. The molecule has 0 saturated carbocycles. The Kier molecular flexibility index (Phi) is 14.0. The van der Waals surface area contributed by atoms with Crippen LogP contribution in [-0.4, -0.2) is 15.9 Å². The minimum Gasteiger partial charge on any atom is -0.512 e.